The molecular formula is C20H27N3O6. The van der Waals surface area contributed by atoms with Crippen molar-refractivity contribution in [1.29, 1.82) is 10.8 Å². The fourth-order valence-electron chi connectivity index (χ4n) is 2.69. The van der Waals surface area contributed by atoms with Crippen molar-refractivity contribution in [2.45, 2.75) is 52.2 Å². The summed E-state index contributed by atoms with van der Waals surface area (Å²) < 4.78 is 20.9. The first-order valence-electron chi connectivity index (χ1n) is 9.24. The summed E-state index contributed by atoms with van der Waals surface area (Å²) in [5.74, 6) is -0.737. The van der Waals surface area contributed by atoms with Crippen molar-refractivity contribution in [3.63, 3.8) is 0 Å². The van der Waals surface area contributed by atoms with E-state index in [4.69, 9.17) is 29.8 Å². The van der Waals surface area contributed by atoms with Gasteiger partial charge in [-0.1, -0.05) is 0 Å². The van der Waals surface area contributed by atoms with Crippen LogP contribution in [-0.2, 0) is 20.6 Å². The van der Waals surface area contributed by atoms with Gasteiger partial charge in [0.15, 0.2) is 0 Å². The first-order valence-corrected chi connectivity index (χ1v) is 9.24. The topological polar surface area (TPSA) is 131 Å². The molecule has 1 aliphatic heterocycles. The number of nitrogens with one attached hydrogen (secondary N) is 3. The molecule has 1 amide bonds. The molecule has 1 atom stereocenters. The largest absolute Gasteiger partial charge is 0.493 e. The number of carbonyl (C=O) groups is 2. The highest BCUT2D eigenvalue weighted by Gasteiger charge is 2.24. The summed E-state index contributed by atoms with van der Waals surface area (Å²) in [4.78, 5) is 24.0. The monoisotopic (exact) mass is 405 g/mol. The van der Waals surface area contributed by atoms with Crippen LogP contribution in [0.3, 0.4) is 0 Å². The smallest absolute Gasteiger partial charge is 0.408 e. The number of hydrogen-bond donors (Lipinski definition) is 3. The van der Waals surface area contributed by atoms with E-state index in [9.17, 15) is 9.59 Å². The molecule has 1 heterocycles. The molecule has 9 heteroatoms. The Morgan fingerprint density at radius 2 is 1.93 bits per heavy atom. The Kier molecular flexibility index (Phi) is 6.84. The van der Waals surface area contributed by atoms with Crippen LogP contribution in [0.1, 0.15) is 55.6 Å². The second-order valence-electron chi connectivity index (χ2n) is 7.61. The Bertz CT molecular complexity index is 828. The first-order chi connectivity index (χ1) is 13.5. The summed E-state index contributed by atoms with van der Waals surface area (Å²) >= 11 is 0. The number of hydrogen-bond acceptors (Lipinski definition) is 8. The van der Waals surface area contributed by atoms with Crippen molar-refractivity contribution < 1.29 is 28.5 Å². The molecule has 0 bridgehead atoms. The molecule has 0 radical (unpaired) electrons. The average Bonchev–Trinajstić information content (AvgIpc) is 2.64. The molecule has 3 N–H and O–H groups in total. The van der Waals surface area contributed by atoms with Gasteiger partial charge in [-0.25, -0.2) is 9.59 Å². The van der Waals surface area contributed by atoms with Crippen molar-refractivity contribution >= 4 is 23.9 Å². The summed E-state index contributed by atoms with van der Waals surface area (Å²) in [5, 5.41) is 18.7. The van der Waals surface area contributed by atoms with Crippen LogP contribution in [-0.4, -0.2) is 49.2 Å². The Labute approximate surface area is 169 Å². The van der Waals surface area contributed by atoms with Gasteiger partial charge < -0.3 is 24.3 Å². The number of alkyl carbamates (subject to hydrolysis) is 1. The Hall–Kier alpha value is -3.10. The summed E-state index contributed by atoms with van der Waals surface area (Å²) in [5.41, 5.74) is 0.627. The van der Waals surface area contributed by atoms with Gasteiger partial charge >= 0.3 is 12.1 Å². The molecular weight excluding hydrogens is 378 g/mol. The van der Waals surface area contributed by atoms with Crippen molar-refractivity contribution in [3.05, 3.63) is 28.8 Å². The lowest BCUT2D eigenvalue weighted by atomic mass is 9.97. The summed E-state index contributed by atoms with van der Waals surface area (Å²) in [7, 11) is 1.28. The molecule has 0 spiro atoms. The van der Waals surface area contributed by atoms with Gasteiger partial charge in [0.05, 0.1) is 19.3 Å². The predicted molar refractivity (Wildman–Crippen MR) is 106 cm³/mol. The van der Waals surface area contributed by atoms with Crippen LogP contribution in [0.25, 0.3) is 0 Å². The zero-order valence-corrected chi connectivity index (χ0v) is 17.3. The highest BCUT2D eigenvalue weighted by Crippen LogP contribution is 2.30. The highest BCUT2D eigenvalue weighted by molar-refractivity contribution is 6.03. The van der Waals surface area contributed by atoms with Gasteiger partial charge in [-0.3, -0.25) is 10.8 Å². The quantitative estimate of drug-likeness (QED) is 0.401. The van der Waals surface area contributed by atoms with Crippen molar-refractivity contribution in [2.75, 3.05) is 13.7 Å². The number of rotatable bonds is 4. The van der Waals surface area contributed by atoms with Gasteiger partial charge in [-0.15, -0.1) is 0 Å². The third kappa shape index (κ3) is 5.94. The molecule has 1 unspecified atom stereocenters. The predicted octanol–water partition coefficient (Wildman–Crippen LogP) is 3.03. The van der Waals surface area contributed by atoms with E-state index in [1.54, 1.807) is 26.8 Å². The van der Waals surface area contributed by atoms with Crippen LogP contribution >= 0.6 is 0 Å². The Morgan fingerprint density at radius 1 is 1.24 bits per heavy atom. The van der Waals surface area contributed by atoms with Crippen molar-refractivity contribution in [2.24, 2.45) is 0 Å². The maximum atomic E-state index is 12.1. The van der Waals surface area contributed by atoms with E-state index < -0.39 is 23.7 Å². The lowest BCUT2D eigenvalue weighted by Crippen LogP contribution is -2.42. The first kappa shape index (κ1) is 22.2. The molecule has 0 aromatic heterocycles. The number of carbonyl (C=O) groups excluding carboxylic acids is 2. The molecule has 1 aliphatic rings. The van der Waals surface area contributed by atoms with Crippen LogP contribution in [0.15, 0.2) is 12.1 Å². The molecule has 0 fully saturated rings. The van der Waals surface area contributed by atoms with E-state index in [0.29, 0.717) is 24.3 Å². The molecule has 2 rings (SSSR count). The number of esters is 1. The minimum Gasteiger partial charge on any atom is -0.493 e. The SMILES string of the molecule is COC(=O)c1cc(C(=N)OC(=N)C(C)NC(=O)OC(C)(C)C)cc2c1CCCO2. The zero-order valence-electron chi connectivity index (χ0n) is 17.3. The van der Waals surface area contributed by atoms with E-state index in [0.717, 1.165) is 12.0 Å². The van der Waals surface area contributed by atoms with Crippen molar-refractivity contribution in [1.82, 2.24) is 5.32 Å². The third-order valence-corrected chi connectivity index (χ3v) is 4.04. The fraction of sp³-hybridized carbons (Fsp3) is 0.500. The Balaban J connectivity index is 2.13. The normalized spacial score (nSPS) is 14.0. The number of ether oxygens (including phenoxy) is 4. The maximum absolute atomic E-state index is 12.1. The van der Waals surface area contributed by atoms with Gasteiger partial charge in [0.25, 0.3) is 0 Å². The summed E-state index contributed by atoms with van der Waals surface area (Å²) in [6.07, 6.45) is 0.754. The van der Waals surface area contributed by atoms with E-state index in [-0.39, 0.29) is 17.4 Å². The van der Waals surface area contributed by atoms with Gasteiger partial charge in [0.2, 0.25) is 11.8 Å². The molecule has 158 valence electrons. The standard InChI is InChI=1S/C20H27N3O6/c1-11(23-19(25)29-20(2,3)4)16(21)28-17(22)12-9-14(18(24)26-5)13-7-6-8-27-15(13)10-12/h9-11,21-22H,6-8H2,1-5H3,(H,23,25). The molecule has 0 saturated heterocycles. The average molecular weight is 405 g/mol. The summed E-state index contributed by atoms with van der Waals surface area (Å²) in [6.45, 7) is 7.23. The number of fused-ring (bicyclic) bond motifs is 1. The van der Waals surface area contributed by atoms with Crippen molar-refractivity contribution in [3.8, 4) is 5.75 Å². The second kappa shape index (κ2) is 8.93. The summed E-state index contributed by atoms with van der Waals surface area (Å²) in [6, 6.07) is 2.27. The molecule has 9 nitrogen and oxygen atoms in total. The van der Waals surface area contributed by atoms with Crippen LogP contribution in [0, 0.1) is 10.8 Å². The number of methoxy groups -OCH3 is 1. The van der Waals surface area contributed by atoms with E-state index in [1.807, 2.05) is 0 Å². The van der Waals surface area contributed by atoms with Gasteiger partial charge in [0, 0.05) is 11.1 Å². The Morgan fingerprint density at radius 3 is 2.55 bits per heavy atom. The minimum absolute atomic E-state index is 0.264. The van der Waals surface area contributed by atoms with Crippen LogP contribution < -0.4 is 10.1 Å². The number of amides is 1. The molecule has 1 aromatic carbocycles. The zero-order chi connectivity index (χ0) is 21.8. The number of benzene rings is 1. The maximum Gasteiger partial charge on any atom is 0.408 e. The van der Waals surface area contributed by atoms with E-state index in [2.05, 4.69) is 5.32 Å². The molecule has 29 heavy (non-hydrogen) atoms. The molecule has 0 saturated carbocycles. The second-order valence-corrected chi connectivity index (χ2v) is 7.61. The van der Waals surface area contributed by atoms with Gasteiger partial charge in [-0.2, -0.15) is 0 Å². The van der Waals surface area contributed by atoms with E-state index >= 15 is 0 Å². The van der Waals surface area contributed by atoms with Gasteiger partial charge in [0.1, 0.15) is 17.4 Å². The highest BCUT2D eigenvalue weighted by atomic mass is 16.6. The van der Waals surface area contributed by atoms with Crippen LogP contribution in [0.2, 0.25) is 0 Å². The molecule has 0 aliphatic carbocycles. The molecule has 1 aromatic rings. The lowest BCUT2D eigenvalue weighted by molar-refractivity contribution is 0.0516. The van der Waals surface area contributed by atoms with Crippen LogP contribution in [0.4, 0.5) is 4.79 Å². The fourth-order valence-corrected chi connectivity index (χ4v) is 2.69. The van der Waals surface area contributed by atoms with Crippen LogP contribution in [0.5, 0.6) is 5.75 Å². The third-order valence-electron chi connectivity index (χ3n) is 4.04. The lowest BCUT2D eigenvalue weighted by Gasteiger charge is -2.23. The minimum atomic E-state index is -0.820. The van der Waals surface area contributed by atoms with Gasteiger partial charge in [-0.05, 0) is 52.7 Å². The van der Waals surface area contributed by atoms with E-state index in [1.165, 1.54) is 20.1 Å².